The lowest BCUT2D eigenvalue weighted by Gasteiger charge is -2.17. The Morgan fingerprint density at radius 1 is 1.17 bits per heavy atom. The van der Waals surface area contributed by atoms with Gasteiger partial charge in [0.2, 0.25) is 0 Å². The molecule has 0 bridgehead atoms. The lowest BCUT2D eigenvalue weighted by molar-refractivity contribution is 0.264. The number of nitrogens with zero attached hydrogens (tertiary/aromatic N) is 1. The van der Waals surface area contributed by atoms with Crippen LogP contribution < -0.4 is 4.74 Å². The summed E-state index contributed by atoms with van der Waals surface area (Å²) in [5.41, 5.74) is 2.12. The number of phenolic OH excluding ortho intramolecular Hbond substituents is 1. The van der Waals surface area contributed by atoms with E-state index in [4.69, 9.17) is 4.74 Å². The molecule has 1 heterocycles. The Balaban J connectivity index is 1.76. The Kier molecular flexibility index (Phi) is 5.30. The van der Waals surface area contributed by atoms with E-state index in [9.17, 15) is 5.11 Å². The molecule has 1 fully saturated rings. The predicted molar refractivity (Wildman–Crippen MR) is 100 cm³/mol. The van der Waals surface area contributed by atoms with Crippen LogP contribution in [0.25, 0.3) is 10.8 Å². The summed E-state index contributed by atoms with van der Waals surface area (Å²) in [5.74, 6) is 1.59. The number of fused-ring (bicyclic) bond motifs is 1. The molecule has 24 heavy (non-hydrogen) atoms. The lowest BCUT2D eigenvalue weighted by atomic mass is 9.96. The van der Waals surface area contributed by atoms with Crippen molar-refractivity contribution in [1.29, 1.82) is 0 Å². The molecule has 3 nitrogen and oxygen atoms in total. The van der Waals surface area contributed by atoms with E-state index in [0.29, 0.717) is 11.7 Å². The van der Waals surface area contributed by atoms with E-state index < -0.39 is 0 Å². The van der Waals surface area contributed by atoms with E-state index in [1.807, 2.05) is 6.07 Å². The molecule has 0 saturated carbocycles. The van der Waals surface area contributed by atoms with Gasteiger partial charge in [0.1, 0.15) is 11.5 Å². The lowest BCUT2D eigenvalue weighted by Crippen LogP contribution is -2.22. The van der Waals surface area contributed by atoms with E-state index >= 15 is 0 Å². The van der Waals surface area contributed by atoms with Gasteiger partial charge in [-0.2, -0.15) is 0 Å². The third kappa shape index (κ3) is 3.67. The zero-order valence-electron chi connectivity index (χ0n) is 15.1. The van der Waals surface area contributed by atoms with E-state index in [0.717, 1.165) is 47.2 Å². The minimum Gasteiger partial charge on any atom is -0.508 e. The highest BCUT2D eigenvalue weighted by Crippen LogP contribution is 2.36. The highest BCUT2D eigenvalue weighted by atomic mass is 16.5. The number of hydrogen-bond donors (Lipinski definition) is 1. The fourth-order valence-electron chi connectivity index (χ4n) is 3.58. The summed E-state index contributed by atoms with van der Waals surface area (Å²) in [6.45, 7) is 10.6. The van der Waals surface area contributed by atoms with Crippen LogP contribution in [0.5, 0.6) is 11.5 Å². The quantitative estimate of drug-likeness (QED) is 0.770. The van der Waals surface area contributed by atoms with Crippen LogP contribution in [0.2, 0.25) is 0 Å². The first-order chi connectivity index (χ1) is 11.6. The van der Waals surface area contributed by atoms with Gasteiger partial charge in [0.05, 0.1) is 6.61 Å². The van der Waals surface area contributed by atoms with Gasteiger partial charge >= 0.3 is 0 Å². The number of aryl methyl sites for hydroxylation is 1. The van der Waals surface area contributed by atoms with Crippen molar-refractivity contribution in [2.24, 2.45) is 0 Å². The second-order valence-electron chi connectivity index (χ2n) is 7.25. The van der Waals surface area contributed by atoms with Crippen molar-refractivity contribution in [3.8, 4) is 11.5 Å². The Morgan fingerprint density at radius 2 is 1.92 bits per heavy atom. The van der Waals surface area contributed by atoms with Crippen molar-refractivity contribution in [3.05, 3.63) is 35.4 Å². The average molecular weight is 327 g/mol. The summed E-state index contributed by atoms with van der Waals surface area (Å²) in [7, 11) is 0. The zero-order chi connectivity index (χ0) is 17.1. The monoisotopic (exact) mass is 327 g/mol. The van der Waals surface area contributed by atoms with Crippen LogP contribution in [0.4, 0.5) is 0 Å². The van der Waals surface area contributed by atoms with Crippen molar-refractivity contribution >= 4 is 10.8 Å². The first kappa shape index (κ1) is 17.1. The Morgan fingerprint density at radius 3 is 2.62 bits per heavy atom. The molecule has 3 rings (SSSR count). The first-order valence-electron chi connectivity index (χ1n) is 9.17. The predicted octanol–water partition coefficient (Wildman–Crippen LogP) is 4.84. The first-order valence-corrected chi connectivity index (χ1v) is 9.17. The second-order valence-corrected chi connectivity index (χ2v) is 7.25. The average Bonchev–Trinajstić information content (AvgIpc) is 3.06. The molecule has 1 aliphatic heterocycles. The summed E-state index contributed by atoms with van der Waals surface area (Å²) < 4.78 is 6.13. The molecule has 0 unspecified atom stereocenters. The molecule has 0 atom stereocenters. The Bertz CT molecular complexity index is 703. The topological polar surface area (TPSA) is 32.7 Å². The molecule has 2 aromatic carbocycles. The van der Waals surface area contributed by atoms with Crippen LogP contribution in [0.3, 0.4) is 0 Å². The number of aromatic hydroxyl groups is 1. The van der Waals surface area contributed by atoms with Gasteiger partial charge in [-0.25, -0.2) is 0 Å². The van der Waals surface area contributed by atoms with Crippen molar-refractivity contribution in [3.63, 3.8) is 0 Å². The van der Waals surface area contributed by atoms with E-state index in [1.54, 1.807) is 0 Å². The molecule has 1 aliphatic rings. The molecule has 0 spiro atoms. The van der Waals surface area contributed by atoms with Crippen molar-refractivity contribution in [2.75, 3.05) is 26.2 Å². The van der Waals surface area contributed by atoms with Crippen molar-refractivity contribution < 1.29 is 9.84 Å². The van der Waals surface area contributed by atoms with Crippen LogP contribution in [0.15, 0.2) is 24.3 Å². The SMILES string of the molecule is Cc1ccc2cc(C(C)C)c(O)cc2c1OCCCN1CCCC1. The fraction of sp³-hybridized carbons (Fsp3) is 0.524. The summed E-state index contributed by atoms with van der Waals surface area (Å²) in [4.78, 5) is 2.51. The van der Waals surface area contributed by atoms with Crippen molar-refractivity contribution in [1.82, 2.24) is 4.90 Å². The third-order valence-electron chi connectivity index (χ3n) is 5.00. The number of hydrogen-bond acceptors (Lipinski definition) is 3. The van der Waals surface area contributed by atoms with E-state index in [-0.39, 0.29) is 0 Å². The molecule has 130 valence electrons. The molecule has 1 N–H and O–H groups in total. The zero-order valence-corrected chi connectivity index (χ0v) is 15.1. The summed E-state index contributed by atoms with van der Waals surface area (Å²) in [5, 5.41) is 12.5. The summed E-state index contributed by atoms with van der Waals surface area (Å²) >= 11 is 0. The molecular formula is C21H29NO2. The van der Waals surface area contributed by atoms with Crippen LogP contribution in [0, 0.1) is 6.92 Å². The second kappa shape index (κ2) is 7.43. The van der Waals surface area contributed by atoms with Crippen LogP contribution in [-0.4, -0.2) is 36.2 Å². The molecule has 1 saturated heterocycles. The molecule has 0 aliphatic carbocycles. The number of rotatable bonds is 6. The van der Waals surface area contributed by atoms with Gasteiger partial charge in [-0.05, 0) is 73.8 Å². The molecular weight excluding hydrogens is 298 g/mol. The maximum absolute atomic E-state index is 10.3. The summed E-state index contributed by atoms with van der Waals surface area (Å²) in [6.07, 6.45) is 3.72. The van der Waals surface area contributed by atoms with E-state index in [2.05, 4.69) is 43.9 Å². The van der Waals surface area contributed by atoms with Gasteiger partial charge in [-0.1, -0.05) is 26.0 Å². The van der Waals surface area contributed by atoms with E-state index in [1.165, 1.54) is 25.9 Å². The van der Waals surface area contributed by atoms with Crippen LogP contribution >= 0.6 is 0 Å². The van der Waals surface area contributed by atoms with Gasteiger partial charge in [-0.3, -0.25) is 0 Å². The standard InChI is InChI=1S/C21H29NO2/c1-15(2)18-13-17-8-7-16(3)21(19(17)14-20(18)23)24-12-6-11-22-9-4-5-10-22/h7-8,13-15,23H,4-6,9-12H2,1-3H3. The Labute approximate surface area is 145 Å². The normalized spacial score (nSPS) is 15.5. The van der Waals surface area contributed by atoms with Gasteiger partial charge in [0, 0.05) is 11.9 Å². The van der Waals surface area contributed by atoms with Gasteiger partial charge in [-0.15, -0.1) is 0 Å². The fourth-order valence-corrected chi connectivity index (χ4v) is 3.58. The van der Waals surface area contributed by atoms with Gasteiger partial charge < -0.3 is 14.7 Å². The van der Waals surface area contributed by atoms with Gasteiger partial charge in [0.25, 0.3) is 0 Å². The van der Waals surface area contributed by atoms with Gasteiger partial charge in [0.15, 0.2) is 0 Å². The molecule has 0 amide bonds. The minimum atomic E-state index is 0.306. The molecule has 3 heteroatoms. The largest absolute Gasteiger partial charge is 0.508 e. The third-order valence-corrected chi connectivity index (χ3v) is 5.00. The molecule has 0 aromatic heterocycles. The maximum Gasteiger partial charge on any atom is 0.130 e. The smallest absolute Gasteiger partial charge is 0.130 e. The highest BCUT2D eigenvalue weighted by Gasteiger charge is 2.13. The highest BCUT2D eigenvalue weighted by molar-refractivity contribution is 5.91. The molecule has 2 aromatic rings. The van der Waals surface area contributed by atoms with Crippen LogP contribution in [0.1, 0.15) is 50.2 Å². The minimum absolute atomic E-state index is 0.306. The summed E-state index contributed by atoms with van der Waals surface area (Å²) in [6, 6.07) is 8.19. The Hall–Kier alpha value is -1.74. The number of phenols is 1. The maximum atomic E-state index is 10.3. The number of benzene rings is 2. The molecule has 0 radical (unpaired) electrons. The number of likely N-dealkylation sites (tertiary alicyclic amines) is 1. The van der Waals surface area contributed by atoms with Crippen molar-refractivity contribution in [2.45, 2.75) is 46.0 Å². The number of ether oxygens (including phenoxy) is 1. The van der Waals surface area contributed by atoms with Crippen LogP contribution in [-0.2, 0) is 0 Å².